The van der Waals surface area contributed by atoms with Gasteiger partial charge in [-0.05, 0) is 53.3 Å². The van der Waals surface area contributed by atoms with E-state index in [0.717, 1.165) is 30.3 Å². The van der Waals surface area contributed by atoms with E-state index >= 15 is 0 Å². The predicted molar refractivity (Wildman–Crippen MR) is 74.2 cm³/mol. The first-order valence-electron chi connectivity index (χ1n) is 6.50. The predicted octanol–water partition coefficient (Wildman–Crippen LogP) is 1.72. The van der Waals surface area contributed by atoms with Crippen LogP contribution in [-0.2, 0) is 17.6 Å². The second kappa shape index (κ2) is 5.62. The third kappa shape index (κ3) is 2.53. The van der Waals surface area contributed by atoms with E-state index in [4.69, 9.17) is 5.11 Å². The van der Waals surface area contributed by atoms with Gasteiger partial charge in [0.15, 0.2) is 0 Å². The van der Waals surface area contributed by atoms with E-state index in [1.54, 1.807) is 4.68 Å². The summed E-state index contributed by atoms with van der Waals surface area (Å²) in [4.78, 5) is 10.7. The summed E-state index contributed by atoms with van der Waals surface area (Å²) < 4.78 is 1.65. The lowest BCUT2D eigenvalue weighted by molar-refractivity contribution is -0.133. The minimum absolute atomic E-state index is 0.0462. The Labute approximate surface area is 120 Å². The molecule has 0 aliphatic heterocycles. The summed E-state index contributed by atoms with van der Waals surface area (Å²) in [6.45, 7) is 0. The van der Waals surface area contributed by atoms with Crippen LogP contribution in [0.4, 0.5) is 0 Å². The summed E-state index contributed by atoms with van der Waals surface area (Å²) in [6.07, 6.45) is 4.49. The molecule has 1 N–H and O–H groups in total. The van der Waals surface area contributed by atoms with Crippen molar-refractivity contribution in [1.29, 1.82) is 0 Å². The molecular formula is C13H14N4O2S. The maximum absolute atomic E-state index is 10.7. The summed E-state index contributed by atoms with van der Waals surface area (Å²) in [5.74, 6) is -0.922. The van der Waals surface area contributed by atoms with Crippen LogP contribution in [0, 0.1) is 0 Å². The normalized spacial score (nSPS) is 14.0. The molecule has 104 valence electrons. The minimum atomic E-state index is -0.875. The van der Waals surface area contributed by atoms with Crippen LogP contribution in [-0.4, -0.2) is 37.0 Å². The van der Waals surface area contributed by atoms with E-state index in [2.05, 4.69) is 21.6 Å². The van der Waals surface area contributed by atoms with Crippen molar-refractivity contribution in [3.05, 3.63) is 29.3 Å². The second-order valence-electron chi connectivity index (χ2n) is 4.68. The first-order valence-corrected chi connectivity index (χ1v) is 7.48. The Morgan fingerprint density at radius 3 is 3.05 bits per heavy atom. The average molecular weight is 290 g/mol. The van der Waals surface area contributed by atoms with Crippen molar-refractivity contribution in [3.8, 4) is 5.69 Å². The molecule has 0 bridgehead atoms. The number of carboxylic acid groups (broad SMARTS) is 1. The lowest BCUT2D eigenvalue weighted by atomic mass is 9.90. The molecule has 7 heteroatoms. The van der Waals surface area contributed by atoms with Gasteiger partial charge in [0.2, 0.25) is 5.16 Å². The van der Waals surface area contributed by atoms with E-state index in [1.807, 2.05) is 12.1 Å². The highest BCUT2D eigenvalue weighted by Crippen LogP contribution is 2.28. The fourth-order valence-corrected chi connectivity index (χ4v) is 3.11. The second-order valence-corrected chi connectivity index (χ2v) is 5.62. The first kappa shape index (κ1) is 13.1. The highest BCUT2D eigenvalue weighted by molar-refractivity contribution is 7.99. The smallest absolute Gasteiger partial charge is 0.313 e. The Hall–Kier alpha value is -1.89. The average Bonchev–Trinajstić information content (AvgIpc) is 2.92. The fourth-order valence-electron chi connectivity index (χ4n) is 2.51. The molecule has 0 amide bonds. The lowest BCUT2D eigenvalue weighted by Crippen LogP contribution is -2.10. The molecule has 1 aliphatic carbocycles. The van der Waals surface area contributed by atoms with Crippen LogP contribution in [0.3, 0.4) is 0 Å². The summed E-state index contributed by atoms with van der Waals surface area (Å²) in [5, 5.41) is 20.9. The van der Waals surface area contributed by atoms with Crippen molar-refractivity contribution in [3.63, 3.8) is 0 Å². The molecule has 3 rings (SSSR count). The monoisotopic (exact) mass is 290 g/mol. The first-order chi connectivity index (χ1) is 9.75. The van der Waals surface area contributed by atoms with Gasteiger partial charge in [0, 0.05) is 0 Å². The van der Waals surface area contributed by atoms with Crippen molar-refractivity contribution in [2.75, 3.05) is 5.75 Å². The van der Waals surface area contributed by atoms with Crippen LogP contribution in [0.15, 0.2) is 23.4 Å². The van der Waals surface area contributed by atoms with Gasteiger partial charge in [-0.1, -0.05) is 23.9 Å². The number of fused-ring (bicyclic) bond motifs is 1. The van der Waals surface area contributed by atoms with Crippen LogP contribution < -0.4 is 0 Å². The number of aliphatic carboxylic acids is 1. The molecule has 0 radical (unpaired) electrons. The summed E-state index contributed by atoms with van der Waals surface area (Å²) >= 11 is 1.13. The number of rotatable bonds is 4. The summed E-state index contributed by atoms with van der Waals surface area (Å²) in [7, 11) is 0. The maximum Gasteiger partial charge on any atom is 0.313 e. The number of carboxylic acids is 1. The van der Waals surface area contributed by atoms with Crippen LogP contribution in [0.5, 0.6) is 0 Å². The number of aryl methyl sites for hydroxylation is 1. The molecule has 0 unspecified atom stereocenters. The Kier molecular flexibility index (Phi) is 3.68. The summed E-state index contributed by atoms with van der Waals surface area (Å²) in [5.41, 5.74) is 3.60. The summed E-state index contributed by atoms with van der Waals surface area (Å²) in [6, 6.07) is 6.14. The van der Waals surface area contributed by atoms with Crippen LogP contribution in [0.1, 0.15) is 24.0 Å². The van der Waals surface area contributed by atoms with E-state index in [1.165, 1.54) is 24.0 Å². The van der Waals surface area contributed by atoms with Gasteiger partial charge >= 0.3 is 5.97 Å². The molecule has 2 aromatic rings. The molecule has 1 aliphatic rings. The van der Waals surface area contributed by atoms with E-state index in [9.17, 15) is 4.79 Å². The minimum Gasteiger partial charge on any atom is -0.481 e. The van der Waals surface area contributed by atoms with Crippen LogP contribution in [0.2, 0.25) is 0 Å². The molecule has 0 spiro atoms. The number of hydrogen-bond acceptors (Lipinski definition) is 5. The number of tetrazole rings is 1. The Balaban J connectivity index is 1.97. The molecule has 1 heterocycles. The number of aromatic nitrogens is 4. The van der Waals surface area contributed by atoms with Gasteiger partial charge in [-0.15, -0.1) is 5.10 Å². The molecule has 1 aromatic carbocycles. The molecule has 6 nitrogen and oxygen atoms in total. The van der Waals surface area contributed by atoms with Crippen LogP contribution >= 0.6 is 11.8 Å². The number of benzene rings is 1. The van der Waals surface area contributed by atoms with Gasteiger partial charge in [-0.2, -0.15) is 4.68 Å². The zero-order valence-electron chi connectivity index (χ0n) is 10.8. The SMILES string of the molecule is O=C(O)CSc1nnnn1-c1cccc2c1CCCC2. The van der Waals surface area contributed by atoms with Gasteiger partial charge in [0.1, 0.15) is 0 Å². The Bertz CT molecular complexity index is 641. The highest BCUT2D eigenvalue weighted by atomic mass is 32.2. The van der Waals surface area contributed by atoms with Gasteiger partial charge in [0.25, 0.3) is 0 Å². The number of nitrogens with zero attached hydrogens (tertiary/aromatic N) is 4. The zero-order valence-corrected chi connectivity index (χ0v) is 11.6. The topological polar surface area (TPSA) is 80.9 Å². The van der Waals surface area contributed by atoms with Gasteiger partial charge < -0.3 is 5.11 Å². The molecule has 0 fully saturated rings. The van der Waals surface area contributed by atoms with Gasteiger partial charge in [-0.3, -0.25) is 4.79 Å². The molecule has 0 saturated carbocycles. The third-order valence-electron chi connectivity index (χ3n) is 3.37. The Morgan fingerprint density at radius 1 is 1.35 bits per heavy atom. The van der Waals surface area contributed by atoms with Crippen molar-refractivity contribution < 1.29 is 9.90 Å². The number of hydrogen-bond donors (Lipinski definition) is 1. The van der Waals surface area contributed by atoms with Crippen molar-refractivity contribution in [1.82, 2.24) is 20.2 Å². The van der Waals surface area contributed by atoms with Crippen molar-refractivity contribution >= 4 is 17.7 Å². The molecule has 1 aromatic heterocycles. The van der Waals surface area contributed by atoms with Crippen LogP contribution in [0.25, 0.3) is 5.69 Å². The van der Waals surface area contributed by atoms with Gasteiger partial charge in [-0.25, -0.2) is 0 Å². The standard InChI is InChI=1S/C13H14N4O2S/c18-12(19)8-20-13-14-15-16-17(13)11-7-3-5-9-4-1-2-6-10(9)11/h3,5,7H,1-2,4,6,8H2,(H,18,19). The molecule has 0 atom stereocenters. The quantitative estimate of drug-likeness (QED) is 0.863. The van der Waals surface area contributed by atoms with E-state index < -0.39 is 5.97 Å². The molecule has 0 saturated heterocycles. The third-order valence-corrected chi connectivity index (χ3v) is 4.27. The van der Waals surface area contributed by atoms with Gasteiger partial charge in [0.05, 0.1) is 11.4 Å². The largest absolute Gasteiger partial charge is 0.481 e. The van der Waals surface area contributed by atoms with Crippen molar-refractivity contribution in [2.45, 2.75) is 30.8 Å². The zero-order chi connectivity index (χ0) is 13.9. The number of carbonyl (C=O) groups is 1. The van der Waals surface area contributed by atoms with E-state index in [-0.39, 0.29) is 5.75 Å². The van der Waals surface area contributed by atoms with E-state index in [0.29, 0.717) is 5.16 Å². The number of thioether (sulfide) groups is 1. The fraction of sp³-hybridized carbons (Fsp3) is 0.385. The van der Waals surface area contributed by atoms with Crippen molar-refractivity contribution in [2.24, 2.45) is 0 Å². The molecular weight excluding hydrogens is 276 g/mol. The molecule has 20 heavy (non-hydrogen) atoms. The lowest BCUT2D eigenvalue weighted by Gasteiger charge is -2.19. The maximum atomic E-state index is 10.7. The highest BCUT2D eigenvalue weighted by Gasteiger charge is 2.18. The Morgan fingerprint density at radius 2 is 2.20 bits per heavy atom.